The summed E-state index contributed by atoms with van der Waals surface area (Å²) in [5.41, 5.74) is 6.76. The normalized spacial score (nSPS) is 19.2. The van der Waals surface area contributed by atoms with Crippen molar-refractivity contribution >= 4 is 18.3 Å². The Labute approximate surface area is 124 Å². The standard InChI is InChI=1S/C14H20FN3O.ClH/c15-12-5-3-11(4-6-12)8-17-14(19)10-18-7-1-2-13(16)9-18;/h3-6,13H,1-2,7-10,16H2,(H,17,19);1H/t13-;/m1./s1. The number of rotatable bonds is 4. The third-order valence-electron chi connectivity index (χ3n) is 3.31. The number of nitrogens with zero attached hydrogens (tertiary/aromatic N) is 1. The van der Waals surface area contributed by atoms with Crippen molar-refractivity contribution in [3.05, 3.63) is 35.6 Å². The van der Waals surface area contributed by atoms with Crippen LogP contribution in [0.4, 0.5) is 4.39 Å². The molecule has 6 heteroatoms. The number of amides is 1. The largest absolute Gasteiger partial charge is 0.351 e. The number of likely N-dealkylation sites (tertiary alicyclic amines) is 1. The van der Waals surface area contributed by atoms with Gasteiger partial charge in [-0.05, 0) is 37.1 Å². The van der Waals surface area contributed by atoms with Crippen LogP contribution in [0.1, 0.15) is 18.4 Å². The van der Waals surface area contributed by atoms with Crippen LogP contribution in [0.5, 0.6) is 0 Å². The number of halogens is 2. The van der Waals surface area contributed by atoms with E-state index in [1.165, 1.54) is 12.1 Å². The second-order valence-electron chi connectivity index (χ2n) is 5.04. The summed E-state index contributed by atoms with van der Waals surface area (Å²) in [6.07, 6.45) is 2.08. The quantitative estimate of drug-likeness (QED) is 0.881. The molecule has 1 aromatic rings. The number of hydrogen-bond acceptors (Lipinski definition) is 3. The summed E-state index contributed by atoms with van der Waals surface area (Å²) < 4.78 is 12.7. The van der Waals surface area contributed by atoms with E-state index in [4.69, 9.17) is 5.73 Å². The lowest BCUT2D eigenvalue weighted by Gasteiger charge is -2.29. The van der Waals surface area contributed by atoms with Crippen LogP contribution in [-0.4, -0.2) is 36.5 Å². The first-order chi connectivity index (χ1) is 9.13. The minimum atomic E-state index is -0.266. The van der Waals surface area contributed by atoms with Crippen LogP contribution in [0.25, 0.3) is 0 Å². The highest BCUT2D eigenvalue weighted by Crippen LogP contribution is 2.07. The molecule has 3 N–H and O–H groups in total. The zero-order valence-electron chi connectivity index (χ0n) is 11.3. The average molecular weight is 302 g/mol. The Kier molecular flexibility index (Phi) is 6.91. The van der Waals surface area contributed by atoms with Crippen LogP contribution < -0.4 is 11.1 Å². The van der Waals surface area contributed by atoms with Gasteiger partial charge >= 0.3 is 0 Å². The second-order valence-corrected chi connectivity index (χ2v) is 5.04. The van der Waals surface area contributed by atoms with E-state index in [0.29, 0.717) is 13.1 Å². The first kappa shape index (κ1) is 16.9. The zero-order chi connectivity index (χ0) is 13.7. The number of carbonyl (C=O) groups excluding carboxylic acids is 1. The predicted octanol–water partition coefficient (Wildman–Crippen LogP) is 1.29. The number of nitrogens with two attached hydrogens (primary N) is 1. The Hall–Kier alpha value is -1.17. The van der Waals surface area contributed by atoms with Gasteiger partial charge in [-0.1, -0.05) is 12.1 Å². The maximum Gasteiger partial charge on any atom is 0.234 e. The summed E-state index contributed by atoms with van der Waals surface area (Å²) in [5.74, 6) is -0.282. The Bertz CT molecular complexity index is 427. The van der Waals surface area contributed by atoms with E-state index in [1.807, 2.05) is 0 Å². The first-order valence-electron chi connectivity index (χ1n) is 6.62. The summed E-state index contributed by atoms with van der Waals surface area (Å²) in [6, 6.07) is 6.31. The Morgan fingerprint density at radius 2 is 2.10 bits per heavy atom. The molecule has 112 valence electrons. The zero-order valence-corrected chi connectivity index (χ0v) is 12.2. The molecular formula is C14H21ClFN3O. The monoisotopic (exact) mass is 301 g/mol. The van der Waals surface area contributed by atoms with Gasteiger partial charge in [0.25, 0.3) is 0 Å². The molecule has 1 atom stereocenters. The van der Waals surface area contributed by atoms with Crippen molar-refractivity contribution < 1.29 is 9.18 Å². The third kappa shape index (κ3) is 5.45. The first-order valence-corrected chi connectivity index (χ1v) is 6.62. The summed E-state index contributed by atoms with van der Waals surface area (Å²) in [5, 5.41) is 2.84. The van der Waals surface area contributed by atoms with Gasteiger partial charge in [0.15, 0.2) is 0 Å². The molecule has 4 nitrogen and oxygen atoms in total. The molecule has 1 heterocycles. The summed E-state index contributed by atoms with van der Waals surface area (Å²) in [4.78, 5) is 13.9. The lowest BCUT2D eigenvalue weighted by atomic mass is 10.1. The molecule has 0 spiro atoms. The molecule has 20 heavy (non-hydrogen) atoms. The minimum absolute atomic E-state index is 0. The highest BCUT2D eigenvalue weighted by molar-refractivity contribution is 5.85. The van der Waals surface area contributed by atoms with Crippen molar-refractivity contribution in [1.82, 2.24) is 10.2 Å². The van der Waals surface area contributed by atoms with Crippen LogP contribution >= 0.6 is 12.4 Å². The van der Waals surface area contributed by atoms with Gasteiger partial charge in [-0.25, -0.2) is 4.39 Å². The second kappa shape index (κ2) is 8.19. The van der Waals surface area contributed by atoms with Crippen LogP contribution in [0.2, 0.25) is 0 Å². The molecule has 1 aromatic carbocycles. The van der Waals surface area contributed by atoms with Crippen molar-refractivity contribution in [3.63, 3.8) is 0 Å². The Morgan fingerprint density at radius 3 is 2.75 bits per heavy atom. The molecule has 0 aromatic heterocycles. The molecule has 0 saturated carbocycles. The fraction of sp³-hybridized carbons (Fsp3) is 0.500. The molecule has 1 fully saturated rings. The Morgan fingerprint density at radius 1 is 1.40 bits per heavy atom. The SMILES string of the molecule is Cl.N[C@@H]1CCCN(CC(=O)NCc2ccc(F)cc2)C1. The smallest absolute Gasteiger partial charge is 0.234 e. The predicted molar refractivity (Wildman–Crippen MR) is 79.1 cm³/mol. The molecule has 0 bridgehead atoms. The van der Waals surface area contributed by atoms with Crippen LogP contribution in [-0.2, 0) is 11.3 Å². The molecule has 0 radical (unpaired) electrons. The van der Waals surface area contributed by atoms with Crippen molar-refractivity contribution in [2.24, 2.45) is 5.73 Å². The Balaban J connectivity index is 0.00000200. The molecule has 0 unspecified atom stereocenters. The highest BCUT2D eigenvalue weighted by Gasteiger charge is 2.18. The molecular weight excluding hydrogens is 281 g/mol. The van der Waals surface area contributed by atoms with Gasteiger partial charge in [0, 0.05) is 19.1 Å². The van der Waals surface area contributed by atoms with Gasteiger partial charge in [0.1, 0.15) is 5.82 Å². The fourth-order valence-corrected chi connectivity index (χ4v) is 2.30. The van der Waals surface area contributed by atoms with Crippen molar-refractivity contribution in [2.75, 3.05) is 19.6 Å². The molecule has 0 aliphatic carbocycles. The van der Waals surface area contributed by atoms with E-state index in [0.717, 1.165) is 31.5 Å². The topological polar surface area (TPSA) is 58.4 Å². The highest BCUT2D eigenvalue weighted by atomic mass is 35.5. The van der Waals surface area contributed by atoms with Crippen molar-refractivity contribution in [2.45, 2.75) is 25.4 Å². The van der Waals surface area contributed by atoms with Gasteiger partial charge in [-0.2, -0.15) is 0 Å². The number of benzene rings is 1. The van der Waals surface area contributed by atoms with E-state index in [-0.39, 0.29) is 30.2 Å². The average Bonchev–Trinajstić information content (AvgIpc) is 2.38. The van der Waals surface area contributed by atoms with Gasteiger partial charge in [-0.15, -0.1) is 12.4 Å². The van der Waals surface area contributed by atoms with Crippen molar-refractivity contribution in [1.29, 1.82) is 0 Å². The maximum atomic E-state index is 12.7. The molecule has 1 amide bonds. The van der Waals surface area contributed by atoms with E-state index in [9.17, 15) is 9.18 Å². The van der Waals surface area contributed by atoms with Crippen LogP contribution in [0, 0.1) is 5.82 Å². The van der Waals surface area contributed by atoms with Gasteiger partial charge < -0.3 is 11.1 Å². The maximum absolute atomic E-state index is 12.7. The van der Waals surface area contributed by atoms with Crippen LogP contribution in [0.3, 0.4) is 0 Å². The number of nitrogens with one attached hydrogen (secondary N) is 1. The number of carbonyl (C=O) groups is 1. The van der Waals surface area contributed by atoms with Gasteiger partial charge in [0.2, 0.25) is 5.91 Å². The summed E-state index contributed by atoms with van der Waals surface area (Å²) in [6.45, 7) is 2.52. The number of piperidine rings is 1. The molecule has 2 rings (SSSR count). The molecule has 1 aliphatic heterocycles. The summed E-state index contributed by atoms with van der Waals surface area (Å²) in [7, 11) is 0. The van der Waals surface area contributed by atoms with Gasteiger partial charge in [-0.3, -0.25) is 9.69 Å². The lowest BCUT2D eigenvalue weighted by molar-refractivity contribution is -0.122. The van der Waals surface area contributed by atoms with E-state index >= 15 is 0 Å². The van der Waals surface area contributed by atoms with Crippen molar-refractivity contribution in [3.8, 4) is 0 Å². The molecule has 1 saturated heterocycles. The minimum Gasteiger partial charge on any atom is -0.351 e. The summed E-state index contributed by atoms with van der Waals surface area (Å²) >= 11 is 0. The van der Waals surface area contributed by atoms with Crippen LogP contribution in [0.15, 0.2) is 24.3 Å². The lowest BCUT2D eigenvalue weighted by Crippen LogP contribution is -2.46. The third-order valence-corrected chi connectivity index (χ3v) is 3.31. The van der Waals surface area contributed by atoms with E-state index in [1.54, 1.807) is 12.1 Å². The van der Waals surface area contributed by atoms with E-state index < -0.39 is 0 Å². The van der Waals surface area contributed by atoms with E-state index in [2.05, 4.69) is 10.2 Å². The fourth-order valence-electron chi connectivity index (χ4n) is 2.30. The molecule has 1 aliphatic rings. The number of hydrogen-bond donors (Lipinski definition) is 2. The van der Waals surface area contributed by atoms with Gasteiger partial charge in [0.05, 0.1) is 6.54 Å².